The molecule has 0 spiro atoms. The lowest BCUT2D eigenvalue weighted by Gasteiger charge is -2.34. The summed E-state index contributed by atoms with van der Waals surface area (Å²) in [6.45, 7) is 6.57. The van der Waals surface area contributed by atoms with Gasteiger partial charge in [-0.05, 0) is 37.1 Å². The van der Waals surface area contributed by atoms with E-state index in [-0.39, 0.29) is 0 Å². The van der Waals surface area contributed by atoms with Gasteiger partial charge in [-0.25, -0.2) is 8.42 Å². The number of aryl methyl sites for hydroxylation is 2. The summed E-state index contributed by atoms with van der Waals surface area (Å²) < 4.78 is 44.2. The maximum absolute atomic E-state index is 13.1. The number of piperazine rings is 1. The Kier molecular flexibility index (Phi) is 6.90. The molecule has 0 unspecified atom stereocenters. The van der Waals surface area contributed by atoms with E-state index in [9.17, 15) is 8.42 Å². The molecule has 1 heterocycles. The highest BCUT2D eigenvalue weighted by Crippen LogP contribution is 2.40. The average molecular weight is 435 g/mol. The van der Waals surface area contributed by atoms with Gasteiger partial charge in [-0.2, -0.15) is 4.31 Å². The van der Waals surface area contributed by atoms with Crippen molar-refractivity contribution in [3.63, 3.8) is 0 Å². The molecule has 1 saturated heterocycles. The molecule has 30 heavy (non-hydrogen) atoms. The molecule has 1 aliphatic heterocycles. The molecular weight excluding hydrogens is 404 g/mol. The predicted molar refractivity (Wildman–Crippen MR) is 116 cm³/mol. The van der Waals surface area contributed by atoms with Gasteiger partial charge < -0.3 is 14.2 Å². The smallest absolute Gasteiger partial charge is 0.243 e. The zero-order chi connectivity index (χ0) is 21.9. The van der Waals surface area contributed by atoms with Gasteiger partial charge in [-0.15, -0.1) is 0 Å². The lowest BCUT2D eigenvalue weighted by Crippen LogP contribution is -2.48. The molecule has 8 heteroatoms. The van der Waals surface area contributed by atoms with E-state index in [0.29, 0.717) is 54.9 Å². The van der Waals surface area contributed by atoms with Crippen molar-refractivity contribution < 1.29 is 22.6 Å². The van der Waals surface area contributed by atoms with Crippen LogP contribution in [0.4, 0.5) is 0 Å². The largest absolute Gasteiger partial charge is 0.493 e. The van der Waals surface area contributed by atoms with Crippen molar-refractivity contribution in [2.45, 2.75) is 25.3 Å². The number of sulfonamides is 1. The predicted octanol–water partition coefficient (Wildman–Crippen LogP) is 2.84. The van der Waals surface area contributed by atoms with Gasteiger partial charge in [-0.3, -0.25) is 4.90 Å². The fraction of sp³-hybridized carbons (Fsp3) is 0.455. The van der Waals surface area contributed by atoms with Crippen molar-refractivity contribution in [1.82, 2.24) is 9.21 Å². The highest BCUT2D eigenvalue weighted by atomic mass is 32.2. The molecule has 0 N–H and O–H groups in total. The zero-order valence-corrected chi connectivity index (χ0v) is 19.1. The third-order valence-corrected chi connectivity index (χ3v) is 7.51. The monoisotopic (exact) mass is 434 g/mol. The van der Waals surface area contributed by atoms with Crippen LogP contribution in [0.3, 0.4) is 0 Å². The van der Waals surface area contributed by atoms with Gasteiger partial charge >= 0.3 is 0 Å². The summed E-state index contributed by atoms with van der Waals surface area (Å²) in [5.41, 5.74) is 2.69. The number of rotatable bonds is 7. The van der Waals surface area contributed by atoms with Gasteiger partial charge in [0.15, 0.2) is 11.5 Å². The van der Waals surface area contributed by atoms with Gasteiger partial charge in [0.25, 0.3) is 0 Å². The molecule has 7 nitrogen and oxygen atoms in total. The Morgan fingerprint density at radius 2 is 1.53 bits per heavy atom. The summed E-state index contributed by atoms with van der Waals surface area (Å²) in [7, 11) is 1.28. The molecule has 0 saturated carbocycles. The van der Waals surface area contributed by atoms with Crippen LogP contribution in [0, 0.1) is 13.8 Å². The summed E-state index contributed by atoms with van der Waals surface area (Å²) in [6, 6.07) is 9.37. The second-order valence-corrected chi connectivity index (χ2v) is 9.35. The first kappa shape index (κ1) is 22.4. The van der Waals surface area contributed by atoms with Crippen LogP contribution < -0.4 is 14.2 Å². The third kappa shape index (κ3) is 4.40. The molecule has 0 aliphatic carbocycles. The minimum atomic E-state index is -3.50. The fourth-order valence-electron chi connectivity index (χ4n) is 3.78. The summed E-state index contributed by atoms with van der Waals surface area (Å²) in [5.74, 6) is 1.82. The first-order chi connectivity index (χ1) is 14.3. The highest BCUT2D eigenvalue weighted by molar-refractivity contribution is 7.89. The Morgan fingerprint density at radius 3 is 2.13 bits per heavy atom. The fourth-order valence-corrected chi connectivity index (χ4v) is 5.51. The highest BCUT2D eigenvalue weighted by Gasteiger charge is 2.30. The Morgan fingerprint density at radius 1 is 0.867 bits per heavy atom. The average Bonchev–Trinajstić information content (AvgIpc) is 2.75. The SMILES string of the molecule is COc1ccc(CN2CCN(S(=O)(=O)c3cc(C)ccc3C)CC2)c(OC)c1OC. The summed E-state index contributed by atoms with van der Waals surface area (Å²) >= 11 is 0. The molecule has 2 aromatic carbocycles. The summed E-state index contributed by atoms with van der Waals surface area (Å²) in [6.07, 6.45) is 0. The zero-order valence-electron chi connectivity index (χ0n) is 18.3. The number of nitrogens with zero attached hydrogens (tertiary/aromatic N) is 2. The van der Waals surface area contributed by atoms with Crippen molar-refractivity contribution in [3.8, 4) is 17.2 Å². The number of benzene rings is 2. The van der Waals surface area contributed by atoms with Crippen LogP contribution in [-0.2, 0) is 16.6 Å². The minimum Gasteiger partial charge on any atom is -0.493 e. The first-order valence-electron chi connectivity index (χ1n) is 9.89. The Balaban J connectivity index is 1.73. The molecule has 0 atom stereocenters. The van der Waals surface area contributed by atoms with E-state index in [1.165, 1.54) is 0 Å². The Hall–Kier alpha value is -2.29. The van der Waals surface area contributed by atoms with Crippen LogP contribution in [0.5, 0.6) is 17.2 Å². The maximum atomic E-state index is 13.1. The van der Waals surface area contributed by atoms with Crippen LogP contribution in [0.2, 0.25) is 0 Å². The van der Waals surface area contributed by atoms with Crippen molar-refractivity contribution in [3.05, 3.63) is 47.0 Å². The topological polar surface area (TPSA) is 68.3 Å². The van der Waals surface area contributed by atoms with Crippen LogP contribution in [0.1, 0.15) is 16.7 Å². The van der Waals surface area contributed by atoms with E-state index in [4.69, 9.17) is 14.2 Å². The van der Waals surface area contributed by atoms with Gasteiger partial charge in [0, 0.05) is 38.3 Å². The maximum Gasteiger partial charge on any atom is 0.243 e. The second-order valence-electron chi connectivity index (χ2n) is 7.44. The molecule has 0 radical (unpaired) electrons. The Bertz CT molecular complexity index is 999. The van der Waals surface area contributed by atoms with Gasteiger partial charge in [0.2, 0.25) is 15.8 Å². The first-order valence-corrected chi connectivity index (χ1v) is 11.3. The molecule has 0 bridgehead atoms. The van der Waals surface area contributed by atoms with Crippen molar-refractivity contribution in [2.75, 3.05) is 47.5 Å². The van der Waals surface area contributed by atoms with E-state index in [1.54, 1.807) is 31.7 Å². The molecule has 0 amide bonds. The normalized spacial score (nSPS) is 15.8. The van der Waals surface area contributed by atoms with Crippen LogP contribution in [0.15, 0.2) is 35.2 Å². The third-order valence-electron chi connectivity index (χ3n) is 5.47. The molecule has 1 aliphatic rings. The van der Waals surface area contributed by atoms with Crippen LogP contribution in [-0.4, -0.2) is 65.1 Å². The molecule has 3 rings (SSSR count). The molecule has 164 valence electrons. The van der Waals surface area contributed by atoms with Crippen molar-refractivity contribution in [1.29, 1.82) is 0 Å². The van der Waals surface area contributed by atoms with Gasteiger partial charge in [-0.1, -0.05) is 18.2 Å². The number of hydrogen-bond donors (Lipinski definition) is 0. The standard InChI is InChI=1S/C22H30N2O5S/c1-16-6-7-17(2)20(14-16)30(25,26)24-12-10-23(11-13-24)15-18-8-9-19(27-3)22(29-5)21(18)28-4/h6-9,14H,10-13,15H2,1-5H3. The second kappa shape index (κ2) is 9.24. The minimum absolute atomic E-state index is 0.400. The molecular formula is C22H30N2O5S. The van der Waals surface area contributed by atoms with Crippen molar-refractivity contribution >= 4 is 10.0 Å². The number of hydrogen-bond acceptors (Lipinski definition) is 6. The van der Waals surface area contributed by atoms with Crippen LogP contribution >= 0.6 is 0 Å². The van der Waals surface area contributed by atoms with E-state index in [2.05, 4.69) is 4.90 Å². The van der Waals surface area contributed by atoms with Gasteiger partial charge in [0.1, 0.15) is 0 Å². The van der Waals surface area contributed by atoms with E-state index in [1.807, 2.05) is 38.1 Å². The van der Waals surface area contributed by atoms with E-state index in [0.717, 1.165) is 16.7 Å². The van der Waals surface area contributed by atoms with Crippen LogP contribution in [0.25, 0.3) is 0 Å². The molecule has 2 aromatic rings. The van der Waals surface area contributed by atoms with E-state index < -0.39 is 10.0 Å². The summed E-state index contributed by atoms with van der Waals surface area (Å²) in [4.78, 5) is 2.62. The number of methoxy groups -OCH3 is 3. The summed E-state index contributed by atoms with van der Waals surface area (Å²) in [5, 5.41) is 0. The van der Waals surface area contributed by atoms with Crippen molar-refractivity contribution in [2.24, 2.45) is 0 Å². The number of ether oxygens (including phenoxy) is 3. The van der Waals surface area contributed by atoms with Gasteiger partial charge in [0.05, 0.1) is 26.2 Å². The van der Waals surface area contributed by atoms with E-state index >= 15 is 0 Å². The lowest BCUT2D eigenvalue weighted by molar-refractivity contribution is 0.179. The Labute approximate surface area is 179 Å². The quantitative estimate of drug-likeness (QED) is 0.668. The molecule has 1 fully saturated rings. The molecule has 0 aromatic heterocycles. The lowest BCUT2D eigenvalue weighted by atomic mass is 10.1.